The standard InChI is InChI=1S/C17H13F3N6O4/c1-30-12-5-6-13(14(8-12)26(28)29)21-15(27)9-25-23-16(22-24-25)10-3-2-4-11(7-10)17(18,19)20/h2-8H,9H2,1H3,(H,21,27). The Morgan fingerprint density at radius 1 is 1.27 bits per heavy atom. The second-order valence-corrected chi connectivity index (χ2v) is 5.91. The van der Waals surface area contributed by atoms with Crippen molar-refractivity contribution < 1.29 is 27.6 Å². The highest BCUT2D eigenvalue weighted by Gasteiger charge is 2.30. The lowest BCUT2D eigenvalue weighted by Crippen LogP contribution is -2.21. The molecule has 0 saturated carbocycles. The number of nitrogens with zero attached hydrogens (tertiary/aromatic N) is 5. The van der Waals surface area contributed by atoms with E-state index in [1.165, 1.54) is 31.4 Å². The van der Waals surface area contributed by atoms with Gasteiger partial charge < -0.3 is 10.1 Å². The van der Waals surface area contributed by atoms with Gasteiger partial charge in [0.15, 0.2) is 0 Å². The minimum atomic E-state index is -4.53. The van der Waals surface area contributed by atoms with Crippen LogP contribution in [0.1, 0.15) is 5.56 Å². The van der Waals surface area contributed by atoms with E-state index >= 15 is 0 Å². The van der Waals surface area contributed by atoms with Gasteiger partial charge in [-0.25, -0.2) is 0 Å². The van der Waals surface area contributed by atoms with Crippen molar-refractivity contribution in [1.29, 1.82) is 0 Å². The lowest BCUT2D eigenvalue weighted by molar-refractivity contribution is -0.384. The van der Waals surface area contributed by atoms with Crippen LogP contribution in [0.3, 0.4) is 0 Å². The second-order valence-electron chi connectivity index (χ2n) is 5.91. The number of anilines is 1. The zero-order chi connectivity index (χ0) is 21.9. The van der Waals surface area contributed by atoms with E-state index in [1.54, 1.807) is 0 Å². The number of ether oxygens (including phenoxy) is 1. The maximum atomic E-state index is 12.8. The van der Waals surface area contributed by atoms with Crippen LogP contribution in [0.2, 0.25) is 0 Å². The van der Waals surface area contributed by atoms with E-state index in [2.05, 4.69) is 20.7 Å². The van der Waals surface area contributed by atoms with Crippen LogP contribution in [0.15, 0.2) is 42.5 Å². The number of halogens is 3. The van der Waals surface area contributed by atoms with Crippen molar-refractivity contribution in [3.8, 4) is 17.1 Å². The van der Waals surface area contributed by atoms with E-state index in [4.69, 9.17) is 4.74 Å². The Bertz CT molecular complexity index is 1100. The predicted octanol–water partition coefficient (Wildman–Crippen LogP) is 2.91. The molecule has 0 fully saturated rings. The Labute approximate surface area is 166 Å². The number of methoxy groups -OCH3 is 1. The molecule has 0 unspecified atom stereocenters. The molecule has 1 heterocycles. The zero-order valence-electron chi connectivity index (χ0n) is 15.3. The smallest absolute Gasteiger partial charge is 0.416 e. The highest BCUT2D eigenvalue weighted by Crippen LogP contribution is 2.31. The Hall–Kier alpha value is -4.03. The van der Waals surface area contributed by atoms with Crippen LogP contribution in [0.4, 0.5) is 24.5 Å². The lowest BCUT2D eigenvalue weighted by atomic mass is 10.1. The largest absolute Gasteiger partial charge is 0.496 e. The van der Waals surface area contributed by atoms with E-state index in [0.717, 1.165) is 23.0 Å². The van der Waals surface area contributed by atoms with Crippen LogP contribution in [-0.4, -0.2) is 38.1 Å². The summed E-state index contributed by atoms with van der Waals surface area (Å²) in [5.41, 5.74) is -1.24. The third-order valence-electron chi connectivity index (χ3n) is 3.86. The summed E-state index contributed by atoms with van der Waals surface area (Å²) < 4.78 is 43.4. The summed E-state index contributed by atoms with van der Waals surface area (Å²) in [4.78, 5) is 23.5. The molecule has 3 aromatic rings. The molecule has 2 aromatic carbocycles. The zero-order valence-corrected chi connectivity index (χ0v) is 15.3. The summed E-state index contributed by atoms with van der Waals surface area (Å²) in [6.45, 7) is -0.463. The maximum absolute atomic E-state index is 12.8. The number of carbonyl (C=O) groups excluding carboxylic acids is 1. The highest BCUT2D eigenvalue weighted by molar-refractivity contribution is 5.93. The van der Waals surface area contributed by atoms with Crippen molar-refractivity contribution in [3.63, 3.8) is 0 Å². The summed E-state index contributed by atoms with van der Waals surface area (Å²) >= 11 is 0. The molecule has 1 amide bonds. The monoisotopic (exact) mass is 422 g/mol. The minimum Gasteiger partial charge on any atom is -0.496 e. The molecule has 30 heavy (non-hydrogen) atoms. The number of alkyl halides is 3. The van der Waals surface area contributed by atoms with Crippen molar-refractivity contribution in [3.05, 3.63) is 58.1 Å². The topological polar surface area (TPSA) is 125 Å². The van der Waals surface area contributed by atoms with Crippen LogP contribution in [-0.2, 0) is 17.5 Å². The molecule has 1 N–H and O–H groups in total. The number of hydrogen-bond donors (Lipinski definition) is 1. The molecule has 0 aliphatic heterocycles. The fourth-order valence-electron chi connectivity index (χ4n) is 2.47. The van der Waals surface area contributed by atoms with Crippen LogP contribution < -0.4 is 10.1 Å². The van der Waals surface area contributed by atoms with Crippen molar-refractivity contribution >= 4 is 17.3 Å². The van der Waals surface area contributed by atoms with Crippen LogP contribution in [0.5, 0.6) is 5.75 Å². The first-order valence-corrected chi connectivity index (χ1v) is 8.25. The maximum Gasteiger partial charge on any atom is 0.416 e. The fraction of sp³-hybridized carbons (Fsp3) is 0.176. The molecule has 0 radical (unpaired) electrons. The van der Waals surface area contributed by atoms with Gasteiger partial charge in [0.2, 0.25) is 11.7 Å². The van der Waals surface area contributed by atoms with Crippen LogP contribution in [0.25, 0.3) is 11.4 Å². The van der Waals surface area contributed by atoms with Gasteiger partial charge in [-0.15, -0.1) is 10.2 Å². The number of benzene rings is 2. The van der Waals surface area contributed by atoms with Gasteiger partial charge in [0.25, 0.3) is 5.69 Å². The molecule has 13 heteroatoms. The molecule has 0 aliphatic rings. The lowest BCUT2D eigenvalue weighted by Gasteiger charge is -2.07. The number of aromatic nitrogens is 4. The normalized spacial score (nSPS) is 11.2. The Morgan fingerprint density at radius 2 is 2.03 bits per heavy atom. The first-order chi connectivity index (χ1) is 14.2. The average Bonchev–Trinajstić information content (AvgIpc) is 3.16. The number of amides is 1. The molecule has 0 atom stereocenters. The average molecular weight is 422 g/mol. The quantitative estimate of drug-likeness (QED) is 0.478. The van der Waals surface area contributed by atoms with E-state index in [-0.39, 0.29) is 28.5 Å². The number of tetrazole rings is 1. The molecular formula is C17H13F3N6O4. The van der Waals surface area contributed by atoms with Crippen molar-refractivity contribution in [2.45, 2.75) is 12.7 Å². The SMILES string of the molecule is COc1ccc(NC(=O)Cn2nnc(-c3cccc(C(F)(F)F)c3)n2)c([N+](=O)[O-])c1. The molecule has 10 nitrogen and oxygen atoms in total. The summed E-state index contributed by atoms with van der Waals surface area (Å²) in [6, 6.07) is 8.23. The van der Waals surface area contributed by atoms with E-state index < -0.39 is 29.1 Å². The third kappa shape index (κ3) is 4.68. The third-order valence-corrected chi connectivity index (χ3v) is 3.86. The number of nitro benzene ring substituents is 1. The van der Waals surface area contributed by atoms with Gasteiger partial charge in [0.05, 0.1) is 23.7 Å². The van der Waals surface area contributed by atoms with Crippen molar-refractivity contribution in [2.24, 2.45) is 0 Å². The fourth-order valence-corrected chi connectivity index (χ4v) is 2.47. The molecule has 3 rings (SSSR count). The minimum absolute atomic E-state index is 0.0657. The Balaban J connectivity index is 1.74. The van der Waals surface area contributed by atoms with Crippen molar-refractivity contribution in [1.82, 2.24) is 20.2 Å². The number of hydrogen-bond acceptors (Lipinski definition) is 7. The summed E-state index contributed by atoms with van der Waals surface area (Å²) in [7, 11) is 1.34. The van der Waals surface area contributed by atoms with Gasteiger partial charge >= 0.3 is 6.18 Å². The summed E-state index contributed by atoms with van der Waals surface area (Å²) in [5.74, 6) is -0.566. The van der Waals surface area contributed by atoms with Gasteiger partial charge in [-0.1, -0.05) is 12.1 Å². The Kier molecular flexibility index (Phi) is 5.62. The predicted molar refractivity (Wildman–Crippen MR) is 96.5 cm³/mol. The molecule has 1 aromatic heterocycles. The summed E-state index contributed by atoms with van der Waals surface area (Å²) in [6.07, 6.45) is -4.53. The van der Waals surface area contributed by atoms with E-state index in [0.29, 0.717) is 0 Å². The molecule has 156 valence electrons. The molecule has 0 aliphatic carbocycles. The van der Waals surface area contributed by atoms with Crippen LogP contribution in [0, 0.1) is 10.1 Å². The van der Waals surface area contributed by atoms with Crippen LogP contribution >= 0.6 is 0 Å². The second kappa shape index (κ2) is 8.14. The first kappa shape index (κ1) is 20.7. The van der Waals surface area contributed by atoms with Crippen molar-refractivity contribution in [2.75, 3.05) is 12.4 Å². The van der Waals surface area contributed by atoms with E-state index in [9.17, 15) is 28.1 Å². The van der Waals surface area contributed by atoms with Gasteiger partial charge in [-0.2, -0.15) is 18.0 Å². The molecule has 0 saturated heterocycles. The number of nitrogens with one attached hydrogen (secondary N) is 1. The van der Waals surface area contributed by atoms with Gasteiger partial charge in [-0.05, 0) is 29.5 Å². The van der Waals surface area contributed by atoms with Gasteiger partial charge in [-0.3, -0.25) is 14.9 Å². The number of nitro groups is 1. The van der Waals surface area contributed by atoms with Gasteiger partial charge in [0.1, 0.15) is 18.0 Å². The Morgan fingerprint density at radius 3 is 2.70 bits per heavy atom. The van der Waals surface area contributed by atoms with Gasteiger partial charge in [0, 0.05) is 5.56 Å². The summed E-state index contributed by atoms with van der Waals surface area (Å²) in [5, 5.41) is 24.7. The first-order valence-electron chi connectivity index (χ1n) is 8.25. The van der Waals surface area contributed by atoms with E-state index in [1.807, 2.05) is 0 Å². The number of rotatable bonds is 6. The highest BCUT2D eigenvalue weighted by atomic mass is 19.4. The number of carbonyl (C=O) groups is 1. The molecule has 0 bridgehead atoms. The molecular weight excluding hydrogens is 409 g/mol. The molecule has 0 spiro atoms.